The van der Waals surface area contributed by atoms with Gasteiger partial charge in [-0.1, -0.05) is 162 Å². The highest BCUT2D eigenvalue weighted by Crippen LogP contribution is 2.57. The number of nitrogens with zero attached hydrogens (tertiary/aromatic N) is 1. The van der Waals surface area contributed by atoms with Crippen molar-refractivity contribution >= 4 is 17.1 Å². The van der Waals surface area contributed by atoms with E-state index in [1.807, 2.05) is 0 Å². The molecule has 5 aliphatic carbocycles. The van der Waals surface area contributed by atoms with Crippen molar-refractivity contribution in [1.82, 2.24) is 0 Å². The van der Waals surface area contributed by atoms with Crippen LogP contribution >= 0.6 is 0 Å². The Morgan fingerprint density at radius 2 is 1.12 bits per heavy atom. The maximum absolute atomic E-state index is 2.58. The molecule has 4 fully saturated rings. The van der Waals surface area contributed by atoms with E-state index in [1.165, 1.54) is 168 Å². The molecule has 298 valence electrons. The highest BCUT2D eigenvalue weighted by Gasteiger charge is 2.41. The minimum absolute atomic E-state index is 0.149. The summed E-state index contributed by atoms with van der Waals surface area (Å²) in [6.07, 6.45) is 19.2. The lowest BCUT2D eigenvalue weighted by atomic mass is 9.77. The molecular formula is C58H61N. The van der Waals surface area contributed by atoms with Crippen LogP contribution in [0.25, 0.3) is 33.4 Å². The molecule has 0 radical (unpaired) electrons. The quantitative estimate of drug-likeness (QED) is 0.149. The van der Waals surface area contributed by atoms with E-state index in [9.17, 15) is 0 Å². The van der Waals surface area contributed by atoms with Crippen molar-refractivity contribution in [3.63, 3.8) is 0 Å². The SMILES string of the molecule is CC1(C)c2ccccc2-c2ccc(N(c3ccc(-c4cccc(C5CCCCC5)c4)cc3)c3ccc(C4CC5CCC4C5)cc3)c(-c3ccc(C4CCCCC4)cc3)c21. The van der Waals surface area contributed by atoms with Gasteiger partial charge in [0.05, 0.1) is 5.69 Å². The smallest absolute Gasteiger partial charge is 0.0543 e. The predicted molar refractivity (Wildman–Crippen MR) is 249 cm³/mol. The Balaban J connectivity index is 1.05. The minimum atomic E-state index is -0.149. The highest BCUT2D eigenvalue weighted by atomic mass is 15.1. The summed E-state index contributed by atoms with van der Waals surface area (Å²) in [6.45, 7) is 4.90. The molecule has 6 aromatic carbocycles. The van der Waals surface area contributed by atoms with Crippen LogP contribution in [-0.2, 0) is 5.41 Å². The summed E-state index contributed by atoms with van der Waals surface area (Å²) in [5, 5.41) is 0. The van der Waals surface area contributed by atoms with E-state index in [4.69, 9.17) is 0 Å². The average molecular weight is 772 g/mol. The molecule has 4 saturated carbocycles. The molecule has 0 heterocycles. The number of anilines is 3. The number of hydrogen-bond donors (Lipinski definition) is 0. The van der Waals surface area contributed by atoms with E-state index in [1.54, 1.807) is 0 Å². The predicted octanol–water partition coefficient (Wildman–Crippen LogP) is 16.8. The van der Waals surface area contributed by atoms with Gasteiger partial charge in [-0.05, 0) is 161 Å². The molecule has 2 bridgehead atoms. The summed E-state index contributed by atoms with van der Waals surface area (Å²) < 4.78 is 0. The van der Waals surface area contributed by atoms with Gasteiger partial charge in [0.15, 0.2) is 0 Å². The van der Waals surface area contributed by atoms with E-state index in [-0.39, 0.29) is 5.41 Å². The van der Waals surface area contributed by atoms with Crippen LogP contribution in [0.2, 0.25) is 0 Å². The third-order valence-electron chi connectivity index (χ3n) is 16.0. The van der Waals surface area contributed by atoms with Crippen molar-refractivity contribution in [2.75, 3.05) is 4.90 Å². The average Bonchev–Trinajstić information content (AvgIpc) is 4.00. The van der Waals surface area contributed by atoms with Crippen LogP contribution in [0.4, 0.5) is 17.1 Å². The molecule has 0 aromatic heterocycles. The molecule has 6 aromatic rings. The van der Waals surface area contributed by atoms with Gasteiger partial charge in [0.25, 0.3) is 0 Å². The zero-order chi connectivity index (χ0) is 39.5. The lowest BCUT2D eigenvalue weighted by molar-refractivity contribution is 0.420. The maximum atomic E-state index is 2.58. The normalized spacial score (nSPS) is 22.3. The summed E-state index contributed by atoms with van der Waals surface area (Å²) >= 11 is 0. The third-order valence-corrected chi connectivity index (χ3v) is 16.0. The highest BCUT2D eigenvalue weighted by molar-refractivity contribution is 5.97. The van der Waals surface area contributed by atoms with Crippen LogP contribution in [-0.4, -0.2) is 0 Å². The van der Waals surface area contributed by atoms with Gasteiger partial charge >= 0.3 is 0 Å². The number of hydrogen-bond acceptors (Lipinski definition) is 1. The van der Waals surface area contributed by atoms with Crippen molar-refractivity contribution in [3.05, 3.63) is 161 Å². The van der Waals surface area contributed by atoms with Gasteiger partial charge in [-0.15, -0.1) is 0 Å². The molecule has 3 unspecified atom stereocenters. The number of benzene rings is 6. The largest absolute Gasteiger partial charge is 0.310 e. The Bertz CT molecular complexity index is 2440. The van der Waals surface area contributed by atoms with Crippen molar-refractivity contribution < 1.29 is 0 Å². The van der Waals surface area contributed by atoms with Crippen molar-refractivity contribution in [1.29, 1.82) is 0 Å². The maximum Gasteiger partial charge on any atom is 0.0543 e. The van der Waals surface area contributed by atoms with Gasteiger partial charge in [-0.3, -0.25) is 0 Å². The number of rotatable bonds is 8. The fourth-order valence-corrected chi connectivity index (χ4v) is 12.9. The second-order valence-corrected chi connectivity index (χ2v) is 19.7. The Morgan fingerprint density at radius 1 is 0.475 bits per heavy atom. The summed E-state index contributed by atoms with van der Waals surface area (Å²) in [6, 6.07) is 52.6. The monoisotopic (exact) mass is 771 g/mol. The van der Waals surface area contributed by atoms with Gasteiger partial charge in [-0.25, -0.2) is 0 Å². The minimum Gasteiger partial charge on any atom is -0.310 e. The first-order chi connectivity index (χ1) is 29.0. The van der Waals surface area contributed by atoms with Gasteiger partial charge in [-0.2, -0.15) is 0 Å². The molecule has 0 N–H and O–H groups in total. The molecule has 0 amide bonds. The lowest BCUT2D eigenvalue weighted by Gasteiger charge is -2.33. The fourth-order valence-electron chi connectivity index (χ4n) is 12.9. The second-order valence-electron chi connectivity index (χ2n) is 19.7. The van der Waals surface area contributed by atoms with Crippen molar-refractivity contribution in [3.8, 4) is 33.4 Å². The van der Waals surface area contributed by atoms with Crippen LogP contribution < -0.4 is 4.90 Å². The zero-order valence-corrected chi connectivity index (χ0v) is 35.4. The molecule has 59 heavy (non-hydrogen) atoms. The molecule has 0 aliphatic heterocycles. The Hall–Kier alpha value is -4.88. The molecule has 11 rings (SSSR count). The zero-order valence-electron chi connectivity index (χ0n) is 35.4. The summed E-state index contributed by atoms with van der Waals surface area (Å²) in [4.78, 5) is 2.58. The van der Waals surface area contributed by atoms with E-state index in [0.29, 0.717) is 11.8 Å². The van der Waals surface area contributed by atoms with Crippen LogP contribution in [0.15, 0.2) is 133 Å². The summed E-state index contributed by atoms with van der Waals surface area (Å²) in [5.41, 5.74) is 19.0. The Morgan fingerprint density at radius 3 is 1.80 bits per heavy atom. The molecule has 0 spiro atoms. The standard InChI is InChI=1S/C58H61N/c1-58(2)54-19-10-9-18-51(54)52-34-35-55(56(57(52)58)45-24-22-42(23-25-45)40-12-5-3-6-13-40)59(50-32-28-44(29-33-50)53-37-39-20-21-48(53)36-39)49-30-26-43(27-31-49)47-17-11-16-46(38-47)41-14-7-4-8-15-41/h9-11,16-19,22-35,38-41,48,53H,3-8,12-15,20-21,36-37H2,1-2H3. The van der Waals surface area contributed by atoms with Crippen LogP contribution in [0.5, 0.6) is 0 Å². The molecular weight excluding hydrogens is 711 g/mol. The number of fused-ring (bicyclic) bond motifs is 5. The van der Waals surface area contributed by atoms with Crippen LogP contribution in [0.3, 0.4) is 0 Å². The Labute approximate surface area is 353 Å². The van der Waals surface area contributed by atoms with E-state index in [2.05, 4.69) is 152 Å². The third kappa shape index (κ3) is 6.68. The topological polar surface area (TPSA) is 3.24 Å². The van der Waals surface area contributed by atoms with E-state index in [0.717, 1.165) is 17.8 Å². The van der Waals surface area contributed by atoms with Crippen LogP contribution in [0.1, 0.15) is 149 Å². The molecule has 5 aliphatic rings. The fraction of sp³-hybridized carbons (Fsp3) is 0.379. The van der Waals surface area contributed by atoms with Crippen molar-refractivity contribution in [2.45, 2.75) is 127 Å². The van der Waals surface area contributed by atoms with E-state index < -0.39 is 0 Å². The van der Waals surface area contributed by atoms with Crippen molar-refractivity contribution in [2.24, 2.45) is 11.8 Å². The second kappa shape index (κ2) is 15.3. The van der Waals surface area contributed by atoms with Crippen LogP contribution in [0, 0.1) is 11.8 Å². The van der Waals surface area contributed by atoms with Gasteiger partial charge < -0.3 is 4.90 Å². The first-order valence-corrected chi connectivity index (χ1v) is 23.5. The molecule has 3 atom stereocenters. The summed E-state index contributed by atoms with van der Waals surface area (Å²) in [5.74, 6) is 3.92. The van der Waals surface area contributed by atoms with Gasteiger partial charge in [0, 0.05) is 22.4 Å². The molecule has 1 heteroatoms. The first-order valence-electron chi connectivity index (χ1n) is 23.5. The first kappa shape index (κ1) is 37.1. The lowest BCUT2D eigenvalue weighted by Crippen LogP contribution is -2.19. The molecule has 0 saturated heterocycles. The Kier molecular flexibility index (Phi) is 9.63. The van der Waals surface area contributed by atoms with Gasteiger partial charge in [0.1, 0.15) is 0 Å². The summed E-state index contributed by atoms with van der Waals surface area (Å²) in [7, 11) is 0. The van der Waals surface area contributed by atoms with Gasteiger partial charge in [0.2, 0.25) is 0 Å². The van der Waals surface area contributed by atoms with E-state index >= 15 is 0 Å². The molecule has 1 nitrogen and oxygen atoms in total.